The molecular weight excluding hydrogens is 298 g/mol. The minimum absolute atomic E-state index is 0.0841. The molecule has 1 atom stereocenters. The van der Waals surface area contributed by atoms with Crippen LogP contribution in [0.2, 0.25) is 0 Å². The van der Waals surface area contributed by atoms with Crippen LogP contribution in [0.5, 0.6) is 0 Å². The van der Waals surface area contributed by atoms with Crippen LogP contribution in [0.25, 0.3) is 0 Å². The summed E-state index contributed by atoms with van der Waals surface area (Å²) in [7, 11) is 0. The molecular formula is C12H18BrN3O2. The number of nitrogens with one attached hydrogen (secondary N) is 1. The van der Waals surface area contributed by atoms with Crippen LogP contribution < -0.4 is 5.32 Å². The Morgan fingerprint density at radius 1 is 1.72 bits per heavy atom. The van der Waals surface area contributed by atoms with Crippen LogP contribution in [0.3, 0.4) is 0 Å². The molecule has 1 amide bonds. The monoisotopic (exact) mass is 315 g/mol. The topological polar surface area (TPSA) is 56.2 Å². The third-order valence-corrected chi connectivity index (χ3v) is 3.21. The van der Waals surface area contributed by atoms with Gasteiger partial charge in [0.05, 0.1) is 28.9 Å². The number of amides is 1. The Hall–Kier alpha value is -0.880. The first-order valence-electron chi connectivity index (χ1n) is 6.09. The van der Waals surface area contributed by atoms with E-state index in [0.717, 1.165) is 26.0 Å². The lowest BCUT2D eigenvalue weighted by Gasteiger charge is -2.14. The van der Waals surface area contributed by atoms with Gasteiger partial charge in [0.2, 0.25) is 5.91 Å². The van der Waals surface area contributed by atoms with Crippen LogP contribution in [0.15, 0.2) is 12.4 Å². The lowest BCUT2D eigenvalue weighted by Crippen LogP contribution is -2.30. The number of hydrogen-bond acceptors (Lipinski definition) is 3. The molecule has 1 N–H and O–H groups in total. The second-order valence-electron chi connectivity index (χ2n) is 5.01. The molecule has 0 radical (unpaired) electrons. The Morgan fingerprint density at radius 3 is 3.11 bits per heavy atom. The summed E-state index contributed by atoms with van der Waals surface area (Å²) < 4.78 is 6.78. The van der Waals surface area contributed by atoms with Gasteiger partial charge in [-0.3, -0.25) is 9.48 Å². The number of rotatable bonds is 4. The Balaban J connectivity index is 1.91. The van der Waals surface area contributed by atoms with Gasteiger partial charge in [-0.25, -0.2) is 0 Å². The number of carbonyl (C=O) groups is 1. The summed E-state index contributed by atoms with van der Waals surface area (Å²) in [5.41, 5.74) is 0.713. The average molecular weight is 316 g/mol. The molecule has 1 saturated heterocycles. The molecule has 0 bridgehead atoms. The quantitative estimate of drug-likeness (QED) is 0.866. The molecule has 18 heavy (non-hydrogen) atoms. The molecule has 0 spiro atoms. The number of ether oxygens (including phenoxy) is 1. The molecule has 0 saturated carbocycles. The highest BCUT2D eigenvalue weighted by atomic mass is 79.9. The fourth-order valence-corrected chi connectivity index (χ4v) is 1.90. The molecule has 100 valence electrons. The van der Waals surface area contributed by atoms with Crippen molar-refractivity contribution in [2.24, 2.45) is 0 Å². The average Bonchev–Trinajstić information content (AvgIpc) is 2.89. The van der Waals surface area contributed by atoms with E-state index in [2.05, 4.69) is 26.3 Å². The summed E-state index contributed by atoms with van der Waals surface area (Å²) in [5.74, 6) is -0.0841. The number of alkyl halides is 1. The summed E-state index contributed by atoms with van der Waals surface area (Å²) in [6.07, 6.45) is 5.94. The second-order valence-corrected chi connectivity index (χ2v) is 7.00. The summed E-state index contributed by atoms with van der Waals surface area (Å²) in [5, 5.41) is 7.04. The van der Waals surface area contributed by atoms with Gasteiger partial charge >= 0.3 is 0 Å². The van der Waals surface area contributed by atoms with Crippen LogP contribution in [0.1, 0.15) is 26.7 Å². The summed E-state index contributed by atoms with van der Waals surface area (Å²) in [4.78, 5) is 11.8. The van der Waals surface area contributed by atoms with Gasteiger partial charge in [0, 0.05) is 12.8 Å². The van der Waals surface area contributed by atoms with Crippen molar-refractivity contribution in [1.82, 2.24) is 9.78 Å². The van der Waals surface area contributed by atoms with E-state index in [1.165, 1.54) is 0 Å². The normalized spacial score (nSPS) is 20.1. The van der Waals surface area contributed by atoms with Crippen molar-refractivity contribution < 1.29 is 9.53 Å². The van der Waals surface area contributed by atoms with Crippen molar-refractivity contribution >= 4 is 27.5 Å². The number of carbonyl (C=O) groups excluding carboxylic acids is 1. The van der Waals surface area contributed by atoms with E-state index in [1.54, 1.807) is 20.0 Å². The zero-order valence-corrected chi connectivity index (χ0v) is 12.2. The van der Waals surface area contributed by atoms with Gasteiger partial charge in [-0.15, -0.1) is 0 Å². The number of anilines is 1. The Labute approximate surface area is 115 Å². The molecule has 1 aromatic heterocycles. The minimum Gasteiger partial charge on any atom is -0.376 e. The molecule has 5 nitrogen and oxygen atoms in total. The third-order valence-electron chi connectivity index (χ3n) is 2.85. The van der Waals surface area contributed by atoms with Gasteiger partial charge in [-0.2, -0.15) is 5.10 Å². The number of nitrogens with zero attached hydrogens (tertiary/aromatic N) is 2. The largest absolute Gasteiger partial charge is 0.376 e. The van der Waals surface area contributed by atoms with E-state index in [1.807, 2.05) is 10.9 Å². The first kappa shape index (κ1) is 13.5. The lowest BCUT2D eigenvalue weighted by atomic mass is 10.2. The van der Waals surface area contributed by atoms with E-state index in [-0.39, 0.29) is 12.0 Å². The number of halogens is 1. The van der Waals surface area contributed by atoms with Crippen LogP contribution in [0.4, 0.5) is 5.69 Å². The fraction of sp³-hybridized carbons (Fsp3) is 0.667. The van der Waals surface area contributed by atoms with Crippen molar-refractivity contribution in [2.45, 2.75) is 43.7 Å². The fourth-order valence-electron chi connectivity index (χ4n) is 1.80. The van der Waals surface area contributed by atoms with Crippen LogP contribution in [-0.4, -0.2) is 32.7 Å². The standard InChI is InChI=1S/C12H18BrN3O2/c1-12(2,13)11(17)15-9-6-14-16(7-9)8-10-4-3-5-18-10/h6-7,10H,3-5,8H2,1-2H3,(H,15,17). The third kappa shape index (κ3) is 3.55. The molecule has 1 fully saturated rings. The maximum atomic E-state index is 11.8. The first-order valence-corrected chi connectivity index (χ1v) is 6.89. The molecule has 1 unspecified atom stereocenters. The predicted molar refractivity (Wildman–Crippen MR) is 72.8 cm³/mol. The van der Waals surface area contributed by atoms with E-state index in [4.69, 9.17) is 4.74 Å². The number of hydrogen-bond donors (Lipinski definition) is 1. The maximum absolute atomic E-state index is 11.8. The predicted octanol–water partition coefficient (Wildman–Crippen LogP) is 2.17. The summed E-state index contributed by atoms with van der Waals surface area (Å²) in [6.45, 7) is 5.19. The van der Waals surface area contributed by atoms with Gasteiger partial charge in [0.25, 0.3) is 0 Å². The number of aromatic nitrogens is 2. The van der Waals surface area contributed by atoms with Crippen molar-refractivity contribution in [3.8, 4) is 0 Å². The van der Waals surface area contributed by atoms with Gasteiger partial charge in [0.15, 0.2) is 0 Å². The van der Waals surface area contributed by atoms with Crippen molar-refractivity contribution in [3.63, 3.8) is 0 Å². The van der Waals surface area contributed by atoms with Crippen LogP contribution >= 0.6 is 15.9 Å². The maximum Gasteiger partial charge on any atom is 0.240 e. The van der Waals surface area contributed by atoms with Gasteiger partial charge < -0.3 is 10.1 Å². The zero-order chi connectivity index (χ0) is 13.2. The lowest BCUT2D eigenvalue weighted by molar-refractivity contribution is -0.117. The Bertz CT molecular complexity index is 419. The molecule has 0 aromatic carbocycles. The SMILES string of the molecule is CC(C)(Br)C(=O)Nc1cnn(CC2CCCO2)c1. The van der Waals surface area contributed by atoms with Crippen LogP contribution in [-0.2, 0) is 16.1 Å². The van der Waals surface area contributed by atoms with E-state index in [0.29, 0.717) is 5.69 Å². The van der Waals surface area contributed by atoms with Crippen molar-refractivity contribution in [2.75, 3.05) is 11.9 Å². The molecule has 6 heteroatoms. The van der Waals surface area contributed by atoms with E-state index >= 15 is 0 Å². The van der Waals surface area contributed by atoms with Crippen molar-refractivity contribution in [3.05, 3.63) is 12.4 Å². The highest BCUT2D eigenvalue weighted by Crippen LogP contribution is 2.19. The van der Waals surface area contributed by atoms with E-state index in [9.17, 15) is 4.79 Å². The molecule has 2 heterocycles. The first-order chi connectivity index (χ1) is 8.45. The summed E-state index contributed by atoms with van der Waals surface area (Å²) in [6, 6.07) is 0. The smallest absolute Gasteiger partial charge is 0.240 e. The van der Waals surface area contributed by atoms with Crippen molar-refractivity contribution in [1.29, 1.82) is 0 Å². The Kier molecular flexibility index (Phi) is 4.07. The minimum atomic E-state index is -0.580. The van der Waals surface area contributed by atoms with Gasteiger partial charge in [0.1, 0.15) is 0 Å². The molecule has 2 rings (SSSR count). The molecule has 0 aliphatic carbocycles. The summed E-state index contributed by atoms with van der Waals surface area (Å²) >= 11 is 3.32. The zero-order valence-electron chi connectivity index (χ0n) is 10.6. The molecule has 1 aliphatic heterocycles. The highest BCUT2D eigenvalue weighted by Gasteiger charge is 2.24. The van der Waals surface area contributed by atoms with Gasteiger partial charge in [-0.1, -0.05) is 15.9 Å². The second kappa shape index (κ2) is 5.40. The van der Waals surface area contributed by atoms with E-state index < -0.39 is 4.32 Å². The van der Waals surface area contributed by atoms with Gasteiger partial charge in [-0.05, 0) is 26.7 Å². The molecule has 1 aliphatic rings. The van der Waals surface area contributed by atoms with Crippen LogP contribution in [0, 0.1) is 0 Å². The molecule has 1 aromatic rings. The Morgan fingerprint density at radius 2 is 2.50 bits per heavy atom. The highest BCUT2D eigenvalue weighted by molar-refractivity contribution is 9.10.